The van der Waals surface area contributed by atoms with Crippen LogP contribution in [0.25, 0.3) is 6.08 Å². The fraction of sp³-hybridized carbons (Fsp3) is 0.368. The number of hydrogen-bond acceptors (Lipinski definition) is 6. The zero-order valence-electron chi connectivity index (χ0n) is 14.9. The summed E-state index contributed by atoms with van der Waals surface area (Å²) in [7, 11) is 3.67. The van der Waals surface area contributed by atoms with Crippen LogP contribution in [0.2, 0.25) is 0 Å². The van der Waals surface area contributed by atoms with E-state index < -0.39 is 12.1 Å². The number of aliphatic hydroxyl groups excluding tert-OH is 1. The van der Waals surface area contributed by atoms with Gasteiger partial charge in [0.25, 0.3) is 0 Å². The number of esters is 1. The predicted molar refractivity (Wildman–Crippen MR) is 99.4 cm³/mol. The van der Waals surface area contributed by atoms with Gasteiger partial charge in [-0.05, 0) is 37.0 Å². The lowest BCUT2D eigenvalue weighted by molar-refractivity contribution is -0.122. The number of ether oxygens (including phenoxy) is 1. The molecule has 142 valence electrons. The quantitative estimate of drug-likeness (QED) is 0.730. The average molecular weight is 363 g/mol. The van der Waals surface area contributed by atoms with Gasteiger partial charge in [0.2, 0.25) is 0 Å². The van der Waals surface area contributed by atoms with Gasteiger partial charge in [-0.2, -0.15) is 0 Å². The molecule has 26 heavy (non-hydrogen) atoms. The van der Waals surface area contributed by atoms with E-state index in [2.05, 4.69) is 0 Å². The van der Waals surface area contributed by atoms with Crippen LogP contribution in [0.4, 0.5) is 5.69 Å². The first-order chi connectivity index (χ1) is 11.9. The summed E-state index contributed by atoms with van der Waals surface area (Å²) < 4.78 is 5.19. The number of anilines is 1. The average Bonchev–Trinajstić information content (AvgIpc) is 2.56. The zero-order chi connectivity index (χ0) is 18.4. The molecule has 1 aliphatic rings. The molecule has 0 unspecified atom stereocenters. The van der Waals surface area contributed by atoms with Crippen LogP contribution >= 0.6 is 0 Å². The van der Waals surface area contributed by atoms with E-state index in [-0.39, 0.29) is 29.2 Å². The fourth-order valence-electron chi connectivity index (χ4n) is 2.45. The van der Waals surface area contributed by atoms with Gasteiger partial charge in [0.05, 0.1) is 6.61 Å². The van der Waals surface area contributed by atoms with Gasteiger partial charge in [0.1, 0.15) is 17.4 Å². The van der Waals surface area contributed by atoms with Crippen molar-refractivity contribution >= 4 is 23.5 Å². The number of phenols is 1. The number of nitrogens with zero attached hydrogens (tertiary/aromatic N) is 1. The summed E-state index contributed by atoms with van der Waals surface area (Å²) in [6, 6.07) is 3.29. The van der Waals surface area contributed by atoms with Crippen LogP contribution in [0.3, 0.4) is 0 Å². The van der Waals surface area contributed by atoms with Gasteiger partial charge in [-0.3, -0.25) is 4.79 Å². The molecule has 1 aromatic carbocycles. The summed E-state index contributed by atoms with van der Waals surface area (Å²) in [6.45, 7) is 0.0801. The van der Waals surface area contributed by atoms with Crippen molar-refractivity contribution < 1.29 is 30.0 Å². The number of ketones is 1. The maximum atomic E-state index is 12.3. The highest BCUT2D eigenvalue weighted by atomic mass is 16.5. The predicted octanol–water partition coefficient (Wildman–Crippen LogP) is 1.47. The highest BCUT2D eigenvalue weighted by Crippen LogP contribution is 2.30. The number of carbonyl (C=O) groups is 2. The van der Waals surface area contributed by atoms with Crippen LogP contribution in [-0.2, 0) is 9.53 Å². The molecule has 0 radical (unpaired) electrons. The Kier molecular flexibility index (Phi) is 8.02. The minimum absolute atomic E-state index is 0. The first-order valence-electron chi connectivity index (χ1n) is 8.16. The molecule has 1 atom stereocenters. The molecule has 7 heteroatoms. The van der Waals surface area contributed by atoms with Crippen molar-refractivity contribution in [2.45, 2.75) is 25.4 Å². The van der Waals surface area contributed by atoms with Gasteiger partial charge in [-0.1, -0.05) is 18.2 Å². The van der Waals surface area contributed by atoms with Crippen molar-refractivity contribution in [1.29, 1.82) is 0 Å². The van der Waals surface area contributed by atoms with Crippen molar-refractivity contribution in [2.24, 2.45) is 0 Å². The van der Waals surface area contributed by atoms with Crippen LogP contribution < -0.4 is 4.90 Å². The molecule has 1 aliphatic heterocycles. The normalized spacial score (nSPS) is 20.8. The lowest BCUT2D eigenvalue weighted by Gasteiger charge is -2.16. The van der Waals surface area contributed by atoms with Gasteiger partial charge in [-0.25, -0.2) is 4.79 Å². The van der Waals surface area contributed by atoms with Gasteiger partial charge < -0.3 is 25.3 Å². The summed E-state index contributed by atoms with van der Waals surface area (Å²) in [5.74, 6) is -1.11. The standard InChI is InChI=1S/C19H23NO5.H2O/c1-20(2)14-11-13-7-3-4-8-15(21)16(22)9-5-6-10-25-19(24)18(13)17(23)12-14;/h3,5,7,9,11-12,15,21,23H,4,6,8,10H2,1-2H3;1H2/b7-3+,9-5-;/t15-;/m0./s1. The molecular weight excluding hydrogens is 338 g/mol. The van der Waals surface area contributed by atoms with E-state index in [4.69, 9.17) is 4.74 Å². The molecule has 0 aliphatic carbocycles. The highest BCUT2D eigenvalue weighted by molar-refractivity contribution is 5.97. The van der Waals surface area contributed by atoms with Crippen molar-refractivity contribution in [3.05, 3.63) is 41.5 Å². The summed E-state index contributed by atoms with van der Waals surface area (Å²) in [5, 5.41) is 20.1. The van der Waals surface area contributed by atoms with Gasteiger partial charge in [-0.15, -0.1) is 0 Å². The SMILES string of the molecule is CN(C)c1cc(O)c2c(c1)/C=C/CC[C@H](O)C(=O)/C=C\CCOC2=O.O. The summed E-state index contributed by atoms with van der Waals surface area (Å²) in [4.78, 5) is 25.9. The summed E-state index contributed by atoms with van der Waals surface area (Å²) >= 11 is 0. The van der Waals surface area contributed by atoms with E-state index in [9.17, 15) is 19.8 Å². The number of allylic oxidation sites excluding steroid dienone is 1. The first-order valence-corrected chi connectivity index (χ1v) is 8.16. The van der Waals surface area contributed by atoms with E-state index in [0.717, 1.165) is 5.69 Å². The van der Waals surface area contributed by atoms with Gasteiger partial charge in [0, 0.05) is 25.8 Å². The highest BCUT2D eigenvalue weighted by Gasteiger charge is 2.19. The Hall–Kier alpha value is -2.64. The Labute approximate surface area is 152 Å². The van der Waals surface area contributed by atoms with E-state index >= 15 is 0 Å². The van der Waals surface area contributed by atoms with Crippen molar-refractivity contribution in [3.63, 3.8) is 0 Å². The Balaban J connectivity index is 0.00000338. The topological polar surface area (TPSA) is 119 Å². The molecule has 0 saturated heterocycles. The number of aliphatic hydroxyl groups is 1. The smallest absolute Gasteiger partial charge is 0.342 e. The van der Waals surface area contributed by atoms with E-state index in [1.807, 2.05) is 19.0 Å². The minimum atomic E-state index is -1.05. The van der Waals surface area contributed by atoms with E-state index in [1.165, 1.54) is 12.1 Å². The molecule has 2 rings (SSSR count). The minimum Gasteiger partial charge on any atom is -0.507 e. The number of rotatable bonds is 1. The monoisotopic (exact) mass is 363 g/mol. The number of carbonyl (C=O) groups excluding carboxylic acids is 2. The van der Waals surface area contributed by atoms with Crippen LogP contribution in [0.5, 0.6) is 5.75 Å². The fourth-order valence-corrected chi connectivity index (χ4v) is 2.45. The molecule has 1 heterocycles. The zero-order valence-corrected chi connectivity index (χ0v) is 14.9. The molecule has 0 bridgehead atoms. The molecule has 0 fully saturated rings. The number of cyclic esters (lactones) is 1. The van der Waals surface area contributed by atoms with E-state index in [1.54, 1.807) is 24.3 Å². The molecule has 0 saturated carbocycles. The first kappa shape index (κ1) is 21.4. The lowest BCUT2D eigenvalue weighted by atomic mass is 10.0. The van der Waals surface area contributed by atoms with Crippen LogP contribution in [-0.4, -0.2) is 54.2 Å². The molecule has 7 nitrogen and oxygen atoms in total. The van der Waals surface area contributed by atoms with Crippen molar-refractivity contribution in [2.75, 3.05) is 25.6 Å². The number of phenolic OH excluding ortho intramolecular Hbond substituents is 1. The second kappa shape index (κ2) is 9.74. The Morgan fingerprint density at radius 3 is 2.50 bits per heavy atom. The van der Waals surface area contributed by atoms with Crippen molar-refractivity contribution in [1.82, 2.24) is 0 Å². The number of benzene rings is 1. The molecule has 4 N–H and O–H groups in total. The number of aromatic hydroxyl groups is 1. The lowest BCUT2D eigenvalue weighted by Crippen LogP contribution is -2.17. The third-order valence-corrected chi connectivity index (χ3v) is 3.89. The Bertz CT molecular complexity index is 708. The third kappa shape index (κ3) is 5.44. The summed E-state index contributed by atoms with van der Waals surface area (Å²) in [5.41, 5.74) is 1.38. The van der Waals surface area contributed by atoms with Crippen LogP contribution in [0.1, 0.15) is 35.2 Å². The maximum Gasteiger partial charge on any atom is 0.342 e. The molecule has 0 aromatic heterocycles. The largest absolute Gasteiger partial charge is 0.507 e. The molecule has 1 aromatic rings. The number of fused-ring (bicyclic) bond motifs is 1. The molecule has 0 amide bonds. The second-order valence-corrected chi connectivity index (χ2v) is 6.05. The van der Waals surface area contributed by atoms with Gasteiger partial charge >= 0.3 is 5.97 Å². The van der Waals surface area contributed by atoms with Crippen LogP contribution in [0.15, 0.2) is 30.4 Å². The Morgan fingerprint density at radius 2 is 1.81 bits per heavy atom. The summed E-state index contributed by atoms with van der Waals surface area (Å²) in [6.07, 6.45) is 6.39. The van der Waals surface area contributed by atoms with Crippen LogP contribution in [0, 0.1) is 0 Å². The third-order valence-electron chi connectivity index (χ3n) is 3.89. The molecule has 0 spiro atoms. The maximum absolute atomic E-state index is 12.3. The van der Waals surface area contributed by atoms with E-state index in [0.29, 0.717) is 24.8 Å². The number of hydrogen-bond donors (Lipinski definition) is 2. The molecular formula is C19H25NO6. The Morgan fingerprint density at radius 1 is 1.12 bits per heavy atom. The van der Waals surface area contributed by atoms with Crippen molar-refractivity contribution in [3.8, 4) is 5.75 Å². The van der Waals surface area contributed by atoms with Gasteiger partial charge in [0.15, 0.2) is 5.78 Å². The second-order valence-electron chi connectivity index (χ2n) is 6.05.